The van der Waals surface area contributed by atoms with E-state index in [1.54, 1.807) is 0 Å². The summed E-state index contributed by atoms with van der Waals surface area (Å²) in [7, 11) is 0. The monoisotopic (exact) mass is 262 g/mol. The Morgan fingerprint density at radius 1 is 0.812 bits per heavy atom. The topological polar surface area (TPSA) is 120 Å². The van der Waals surface area contributed by atoms with Gasteiger partial charge in [0.1, 0.15) is 0 Å². The van der Waals surface area contributed by atoms with Crippen LogP contribution in [-0.2, 0) is 17.1 Å². The molecule has 0 aliphatic rings. The van der Waals surface area contributed by atoms with Gasteiger partial charge in [-0.05, 0) is 0 Å². The molecule has 0 bridgehead atoms. The summed E-state index contributed by atoms with van der Waals surface area (Å²) in [5.41, 5.74) is -2.45. The number of carbonyl (C=O) groups excluding carboxylic acids is 3. The van der Waals surface area contributed by atoms with Gasteiger partial charge in [-0.2, -0.15) is 0 Å². The normalized spacial score (nSPS) is 9.00. The van der Waals surface area contributed by atoms with Gasteiger partial charge in [-0.3, -0.25) is 0 Å². The molecule has 0 aliphatic heterocycles. The third-order valence-electron chi connectivity index (χ3n) is 1.71. The molecule has 0 heterocycles. The SMILES string of the molecule is O=C([O-])c1cccc(C(=O)[O-])c1C(=O)[O-].[Mn+3]. The van der Waals surface area contributed by atoms with Gasteiger partial charge in [0.25, 0.3) is 0 Å². The largest absolute Gasteiger partial charge is 3.00 e. The number of hydrogen-bond acceptors (Lipinski definition) is 6. The van der Waals surface area contributed by atoms with E-state index in [0.717, 1.165) is 18.2 Å². The number of benzene rings is 1. The Kier molecular flexibility index (Phi) is 4.68. The first-order valence-corrected chi connectivity index (χ1v) is 3.72. The van der Waals surface area contributed by atoms with Crippen molar-refractivity contribution in [1.29, 1.82) is 0 Å². The van der Waals surface area contributed by atoms with Gasteiger partial charge in [0.05, 0.1) is 17.9 Å². The van der Waals surface area contributed by atoms with E-state index in [2.05, 4.69) is 0 Å². The summed E-state index contributed by atoms with van der Waals surface area (Å²) in [5.74, 6) is -5.50. The van der Waals surface area contributed by atoms with E-state index in [1.807, 2.05) is 0 Å². The van der Waals surface area contributed by atoms with Crippen LogP contribution in [0.25, 0.3) is 0 Å². The van der Waals surface area contributed by atoms with Gasteiger partial charge in [0.15, 0.2) is 0 Å². The number of aromatic carboxylic acids is 3. The van der Waals surface area contributed by atoms with E-state index in [9.17, 15) is 29.7 Å². The van der Waals surface area contributed by atoms with Gasteiger partial charge in [0.2, 0.25) is 0 Å². The zero-order chi connectivity index (χ0) is 11.6. The van der Waals surface area contributed by atoms with Gasteiger partial charge in [0, 0.05) is 16.7 Å². The second-order valence-electron chi connectivity index (χ2n) is 2.59. The molecule has 0 saturated heterocycles. The standard InChI is InChI=1S/C9H6O6.Mn/c10-7(11)4-2-1-3-5(8(12)13)6(4)9(14)15;/h1-3H,(H,10,11)(H,12,13)(H,14,15);/q;+3/p-3. The average molecular weight is 262 g/mol. The van der Waals surface area contributed by atoms with Crippen molar-refractivity contribution in [3.05, 3.63) is 34.9 Å². The second-order valence-corrected chi connectivity index (χ2v) is 2.59. The van der Waals surface area contributed by atoms with Gasteiger partial charge in [-0.25, -0.2) is 0 Å². The Hall–Kier alpha value is -1.85. The number of hydrogen-bond donors (Lipinski definition) is 0. The van der Waals surface area contributed by atoms with Gasteiger partial charge >= 0.3 is 17.1 Å². The van der Waals surface area contributed by atoms with Crippen LogP contribution in [0.4, 0.5) is 0 Å². The van der Waals surface area contributed by atoms with Crippen LogP contribution in [0.3, 0.4) is 0 Å². The third kappa shape index (κ3) is 2.59. The van der Waals surface area contributed by atoms with Crippen LogP contribution in [0.2, 0.25) is 0 Å². The summed E-state index contributed by atoms with van der Waals surface area (Å²) in [4.78, 5) is 31.5. The molecule has 82 valence electrons. The first-order valence-electron chi connectivity index (χ1n) is 3.72. The zero-order valence-corrected chi connectivity index (χ0v) is 8.74. The molecule has 0 spiro atoms. The second kappa shape index (κ2) is 5.29. The molecule has 0 N–H and O–H groups in total. The first-order chi connectivity index (χ1) is 6.95. The minimum absolute atomic E-state index is 0. The number of rotatable bonds is 3. The first kappa shape index (κ1) is 14.1. The van der Waals surface area contributed by atoms with Crippen LogP contribution in [-0.4, -0.2) is 17.9 Å². The van der Waals surface area contributed by atoms with E-state index < -0.39 is 34.6 Å². The fourth-order valence-corrected chi connectivity index (χ4v) is 1.11. The summed E-state index contributed by atoms with van der Waals surface area (Å²) in [6, 6.07) is 2.89. The molecule has 0 unspecified atom stereocenters. The van der Waals surface area contributed by atoms with Crippen molar-refractivity contribution in [3.8, 4) is 0 Å². The van der Waals surface area contributed by atoms with E-state index in [1.165, 1.54) is 0 Å². The van der Waals surface area contributed by atoms with Crippen molar-refractivity contribution in [2.24, 2.45) is 0 Å². The summed E-state index contributed by atoms with van der Waals surface area (Å²) in [6.45, 7) is 0. The van der Waals surface area contributed by atoms with Crippen molar-refractivity contribution < 1.29 is 46.8 Å². The van der Waals surface area contributed by atoms with Crippen molar-refractivity contribution >= 4 is 17.9 Å². The molecule has 0 aliphatic carbocycles. The van der Waals surface area contributed by atoms with Crippen molar-refractivity contribution in [2.75, 3.05) is 0 Å². The van der Waals surface area contributed by atoms with Gasteiger partial charge in [-0.1, -0.05) is 18.2 Å². The number of carbonyl (C=O) groups is 3. The summed E-state index contributed by atoms with van der Waals surface area (Å²) in [6.07, 6.45) is 0. The minimum Gasteiger partial charge on any atom is -0.545 e. The molecule has 1 aromatic carbocycles. The van der Waals surface area contributed by atoms with Crippen LogP contribution in [0.1, 0.15) is 31.1 Å². The van der Waals surface area contributed by atoms with E-state index in [0.29, 0.717) is 0 Å². The summed E-state index contributed by atoms with van der Waals surface area (Å²) in [5, 5.41) is 31.5. The van der Waals surface area contributed by atoms with Crippen LogP contribution in [0, 0.1) is 0 Å². The maximum atomic E-state index is 10.6. The van der Waals surface area contributed by atoms with Crippen molar-refractivity contribution in [1.82, 2.24) is 0 Å². The average Bonchev–Trinajstić information content (AvgIpc) is 2.16. The smallest absolute Gasteiger partial charge is 0.545 e. The Labute approximate surface area is 100.0 Å². The Morgan fingerprint density at radius 3 is 1.44 bits per heavy atom. The van der Waals surface area contributed by atoms with Crippen LogP contribution < -0.4 is 15.3 Å². The fraction of sp³-hybridized carbons (Fsp3) is 0. The Bertz CT molecular complexity index is 421. The summed E-state index contributed by atoms with van der Waals surface area (Å²) < 4.78 is 0. The van der Waals surface area contributed by atoms with Crippen LogP contribution in [0.5, 0.6) is 0 Å². The molecule has 0 fully saturated rings. The molecule has 1 rings (SSSR count). The number of carboxylic acid groups (broad SMARTS) is 3. The van der Waals surface area contributed by atoms with Gasteiger partial charge < -0.3 is 29.7 Å². The number of carboxylic acids is 3. The molecular weight excluding hydrogens is 259 g/mol. The minimum atomic E-state index is -1.91. The molecule has 6 nitrogen and oxygen atoms in total. The predicted molar refractivity (Wildman–Crippen MR) is 39.4 cm³/mol. The molecule has 7 heteroatoms. The van der Waals surface area contributed by atoms with Gasteiger partial charge in [-0.15, -0.1) is 0 Å². The molecule has 16 heavy (non-hydrogen) atoms. The van der Waals surface area contributed by atoms with Crippen LogP contribution >= 0.6 is 0 Å². The molecular formula is C9H3MnO6. The Balaban J connectivity index is 0.00000225. The predicted octanol–water partition coefficient (Wildman–Crippen LogP) is -3.23. The van der Waals surface area contributed by atoms with E-state index >= 15 is 0 Å². The maximum Gasteiger partial charge on any atom is 3.00 e. The summed E-state index contributed by atoms with van der Waals surface area (Å²) >= 11 is 0. The fourth-order valence-electron chi connectivity index (χ4n) is 1.11. The zero-order valence-electron chi connectivity index (χ0n) is 7.56. The van der Waals surface area contributed by atoms with E-state index in [-0.39, 0.29) is 17.1 Å². The molecule has 0 saturated carbocycles. The maximum absolute atomic E-state index is 10.6. The molecule has 0 radical (unpaired) electrons. The third-order valence-corrected chi connectivity index (χ3v) is 1.71. The molecule has 0 atom stereocenters. The molecule has 1 aromatic rings. The van der Waals surface area contributed by atoms with Crippen LogP contribution in [0.15, 0.2) is 18.2 Å². The molecule has 0 aromatic heterocycles. The molecule has 0 amide bonds. The quantitative estimate of drug-likeness (QED) is 0.528. The van der Waals surface area contributed by atoms with Crippen molar-refractivity contribution in [3.63, 3.8) is 0 Å². The Morgan fingerprint density at radius 2 is 1.19 bits per heavy atom. The van der Waals surface area contributed by atoms with Crippen molar-refractivity contribution in [2.45, 2.75) is 0 Å². The van der Waals surface area contributed by atoms with E-state index in [4.69, 9.17) is 0 Å².